The molecule has 4 heteroatoms. The number of rotatable bonds is 3. The third kappa shape index (κ3) is 1.92. The van der Waals surface area contributed by atoms with Gasteiger partial charge in [-0.15, -0.1) is 11.3 Å². The van der Waals surface area contributed by atoms with Gasteiger partial charge in [-0.3, -0.25) is 4.79 Å². The van der Waals surface area contributed by atoms with Crippen molar-refractivity contribution in [2.45, 2.75) is 50.4 Å². The van der Waals surface area contributed by atoms with Crippen LogP contribution in [0.5, 0.6) is 0 Å². The fraction of sp³-hybridized carbons (Fsp3) is 0.733. The van der Waals surface area contributed by atoms with Gasteiger partial charge in [-0.25, -0.2) is 4.98 Å². The fourth-order valence-corrected chi connectivity index (χ4v) is 6.14. The Morgan fingerprint density at radius 1 is 1.26 bits per heavy atom. The number of primary amides is 1. The molecule has 0 aromatic carbocycles. The van der Waals surface area contributed by atoms with Gasteiger partial charge in [0.05, 0.1) is 12.1 Å². The lowest BCUT2D eigenvalue weighted by atomic mass is 9.49. The van der Waals surface area contributed by atoms with E-state index in [9.17, 15) is 4.79 Å². The van der Waals surface area contributed by atoms with Crippen molar-refractivity contribution >= 4 is 17.2 Å². The molecule has 0 aliphatic heterocycles. The molecule has 0 unspecified atom stereocenters. The Kier molecular flexibility index (Phi) is 2.53. The quantitative estimate of drug-likeness (QED) is 0.922. The molecular formula is C15H20N2OS. The van der Waals surface area contributed by atoms with E-state index in [4.69, 9.17) is 10.7 Å². The normalized spacial score (nSPS) is 39.7. The summed E-state index contributed by atoms with van der Waals surface area (Å²) in [6, 6.07) is 0. The summed E-state index contributed by atoms with van der Waals surface area (Å²) in [6.45, 7) is 0. The summed E-state index contributed by atoms with van der Waals surface area (Å²) in [5.74, 6) is 2.54. The largest absolute Gasteiger partial charge is 0.369 e. The van der Waals surface area contributed by atoms with Crippen LogP contribution >= 0.6 is 11.3 Å². The average Bonchev–Trinajstić information content (AvgIpc) is 2.75. The van der Waals surface area contributed by atoms with E-state index in [1.165, 1.54) is 44.2 Å². The highest BCUT2D eigenvalue weighted by Gasteiger charge is 2.52. The first-order valence-corrected chi connectivity index (χ1v) is 8.24. The summed E-state index contributed by atoms with van der Waals surface area (Å²) in [5, 5.41) is 3.10. The second-order valence-corrected chi connectivity index (χ2v) is 7.91. The third-order valence-corrected chi connectivity index (χ3v) is 6.31. The molecular weight excluding hydrogens is 256 g/mol. The Morgan fingerprint density at radius 3 is 2.37 bits per heavy atom. The number of carbonyl (C=O) groups is 1. The average molecular weight is 276 g/mol. The minimum Gasteiger partial charge on any atom is -0.369 e. The molecule has 4 aliphatic rings. The molecule has 0 spiro atoms. The van der Waals surface area contributed by atoms with Crippen molar-refractivity contribution in [2.24, 2.45) is 23.5 Å². The second kappa shape index (κ2) is 4.05. The molecule has 0 radical (unpaired) electrons. The molecule has 1 heterocycles. The van der Waals surface area contributed by atoms with E-state index >= 15 is 0 Å². The molecule has 102 valence electrons. The molecule has 1 amide bonds. The van der Waals surface area contributed by atoms with Crippen molar-refractivity contribution in [1.29, 1.82) is 0 Å². The van der Waals surface area contributed by atoms with Gasteiger partial charge >= 0.3 is 0 Å². The van der Waals surface area contributed by atoms with Crippen LogP contribution in [-0.4, -0.2) is 10.9 Å². The van der Waals surface area contributed by atoms with Gasteiger partial charge in [-0.05, 0) is 56.3 Å². The zero-order valence-corrected chi connectivity index (χ0v) is 11.9. The first kappa shape index (κ1) is 11.9. The van der Waals surface area contributed by atoms with E-state index < -0.39 is 0 Å². The predicted molar refractivity (Wildman–Crippen MR) is 74.9 cm³/mol. The number of hydrogen-bond acceptors (Lipinski definition) is 3. The Hall–Kier alpha value is -0.900. The summed E-state index contributed by atoms with van der Waals surface area (Å²) in [6.07, 6.45) is 8.67. The van der Waals surface area contributed by atoms with Crippen LogP contribution in [-0.2, 0) is 16.6 Å². The van der Waals surface area contributed by atoms with Gasteiger partial charge in [0.15, 0.2) is 0 Å². The SMILES string of the molecule is NC(=O)Cc1nc(C23CC4CC(CC(C4)C2)C3)cs1. The molecule has 5 rings (SSSR count). The number of amides is 1. The molecule has 0 saturated heterocycles. The Labute approximate surface area is 117 Å². The zero-order valence-electron chi connectivity index (χ0n) is 11.1. The van der Waals surface area contributed by atoms with Crippen LogP contribution < -0.4 is 5.73 Å². The van der Waals surface area contributed by atoms with Gasteiger partial charge in [0.2, 0.25) is 5.91 Å². The van der Waals surface area contributed by atoms with E-state index in [2.05, 4.69) is 5.38 Å². The minimum absolute atomic E-state index is 0.272. The maximum Gasteiger partial charge on any atom is 0.224 e. The maximum atomic E-state index is 11.0. The van der Waals surface area contributed by atoms with Crippen LogP contribution in [0.2, 0.25) is 0 Å². The van der Waals surface area contributed by atoms with Gasteiger partial charge in [-0.2, -0.15) is 0 Å². The first-order valence-electron chi connectivity index (χ1n) is 7.36. The van der Waals surface area contributed by atoms with Crippen molar-refractivity contribution in [1.82, 2.24) is 4.98 Å². The predicted octanol–water partition coefficient (Wildman–Crippen LogP) is 2.64. The van der Waals surface area contributed by atoms with Gasteiger partial charge in [-0.1, -0.05) is 0 Å². The van der Waals surface area contributed by atoms with Crippen LogP contribution in [0.25, 0.3) is 0 Å². The smallest absolute Gasteiger partial charge is 0.224 e. The van der Waals surface area contributed by atoms with Crippen LogP contribution in [0, 0.1) is 17.8 Å². The number of nitrogens with two attached hydrogens (primary N) is 1. The molecule has 4 fully saturated rings. The van der Waals surface area contributed by atoms with Crippen molar-refractivity contribution in [3.05, 3.63) is 16.1 Å². The van der Waals surface area contributed by atoms with Crippen molar-refractivity contribution in [2.75, 3.05) is 0 Å². The van der Waals surface area contributed by atoms with Crippen molar-refractivity contribution in [3.8, 4) is 0 Å². The molecule has 4 aliphatic carbocycles. The van der Waals surface area contributed by atoms with Crippen molar-refractivity contribution < 1.29 is 4.79 Å². The van der Waals surface area contributed by atoms with E-state index in [1.54, 1.807) is 11.3 Å². The van der Waals surface area contributed by atoms with Gasteiger partial charge in [0.1, 0.15) is 5.01 Å². The van der Waals surface area contributed by atoms with Gasteiger partial charge in [0, 0.05) is 10.8 Å². The molecule has 3 nitrogen and oxygen atoms in total. The molecule has 4 saturated carbocycles. The highest BCUT2D eigenvalue weighted by molar-refractivity contribution is 7.09. The van der Waals surface area contributed by atoms with Gasteiger partial charge < -0.3 is 5.73 Å². The second-order valence-electron chi connectivity index (χ2n) is 6.97. The lowest BCUT2D eigenvalue weighted by Crippen LogP contribution is -2.48. The standard InChI is InChI=1S/C15H20N2OS/c16-13(18)4-14-17-12(8-19-14)15-5-9-1-10(6-15)3-11(2-9)7-15/h8-11H,1-7H2,(H2,16,18). The van der Waals surface area contributed by atoms with E-state index in [0.717, 1.165) is 22.8 Å². The first-order chi connectivity index (χ1) is 9.13. The fourth-order valence-electron chi connectivity index (χ4n) is 5.21. The van der Waals surface area contributed by atoms with E-state index in [-0.39, 0.29) is 5.91 Å². The number of nitrogens with zero attached hydrogens (tertiary/aromatic N) is 1. The lowest BCUT2D eigenvalue weighted by molar-refractivity contribution is -0.117. The minimum atomic E-state index is -0.272. The van der Waals surface area contributed by atoms with E-state index in [1.807, 2.05) is 0 Å². The zero-order chi connectivity index (χ0) is 13.0. The molecule has 1 aromatic rings. The van der Waals surface area contributed by atoms with Crippen LogP contribution in [0.1, 0.15) is 49.2 Å². The third-order valence-electron chi connectivity index (χ3n) is 5.46. The monoisotopic (exact) mass is 276 g/mol. The summed E-state index contributed by atoms with van der Waals surface area (Å²) in [5.41, 5.74) is 6.89. The lowest BCUT2D eigenvalue weighted by Gasteiger charge is -2.56. The Balaban J connectivity index is 1.64. The van der Waals surface area contributed by atoms with Crippen LogP contribution in [0.3, 0.4) is 0 Å². The summed E-state index contributed by atoms with van der Waals surface area (Å²) in [7, 11) is 0. The molecule has 4 bridgehead atoms. The number of aromatic nitrogens is 1. The summed E-state index contributed by atoms with van der Waals surface area (Å²) >= 11 is 1.61. The van der Waals surface area contributed by atoms with E-state index in [0.29, 0.717) is 11.8 Å². The highest BCUT2D eigenvalue weighted by atomic mass is 32.1. The van der Waals surface area contributed by atoms with Crippen LogP contribution in [0.15, 0.2) is 5.38 Å². The number of thiazole rings is 1. The molecule has 19 heavy (non-hydrogen) atoms. The molecule has 1 aromatic heterocycles. The van der Waals surface area contributed by atoms with Crippen LogP contribution in [0.4, 0.5) is 0 Å². The molecule has 0 atom stereocenters. The Bertz CT molecular complexity index is 487. The Morgan fingerprint density at radius 2 is 1.84 bits per heavy atom. The van der Waals surface area contributed by atoms with Gasteiger partial charge in [0.25, 0.3) is 0 Å². The highest BCUT2D eigenvalue weighted by Crippen LogP contribution is 2.60. The number of hydrogen-bond donors (Lipinski definition) is 1. The topological polar surface area (TPSA) is 56.0 Å². The summed E-state index contributed by atoms with van der Waals surface area (Å²) in [4.78, 5) is 15.8. The van der Waals surface area contributed by atoms with Crippen molar-refractivity contribution in [3.63, 3.8) is 0 Å². The molecule has 2 N–H and O–H groups in total. The maximum absolute atomic E-state index is 11.0. The summed E-state index contributed by atoms with van der Waals surface area (Å²) < 4.78 is 0. The number of carbonyl (C=O) groups excluding carboxylic acids is 1.